The van der Waals surface area contributed by atoms with Crippen LogP contribution in [0.25, 0.3) is 0 Å². The van der Waals surface area contributed by atoms with Gasteiger partial charge in [0.15, 0.2) is 0 Å². The van der Waals surface area contributed by atoms with Gasteiger partial charge in [-0.1, -0.05) is 17.2 Å². The first-order valence-corrected chi connectivity index (χ1v) is 4.73. The van der Waals surface area contributed by atoms with Crippen LogP contribution in [0.4, 0.5) is 4.39 Å². The summed E-state index contributed by atoms with van der Waals surface area (Å²) in [7, 11) is 0. The van der Waals surface area contributed by atoms with Crippen LogP contribution in [0.2, 0.25) is 5.02 Å². The lowest BCUT2D eigenvalue weighted by Crippen LogP contribution is -2.12. The average molecular weight is 250 g/mol. The molecule has 0 bridgehead atoms. The fourth-order valence-corrected chi connectivity index (χ4v) is 1.46. The van der Waals surface area contributed by atoms with E-state index in [1.54, 1.807) is 6.07 Å². The molecule has 0 radical (unpaired) electrons. The Bertz CT molecular complexity index is 352. The van der Waals surface area contributed by atoms with Crippen molar-refractivity contribution in [2.75, 3.05) is 0 Å². The van der Waals surface area contributed by atoms with E-state index in [9.17, 15) is 4.39 Å². The Labute approximate surface area is 101 Å². The molecule has 0 unspecified atom stereocenters. The van der Waals surface area contributed by atoms with Crippen LogP contribution < -0.4 is 5.73 Å². The number of hydrogen-bond donors (Lipinski definition) is 1. The summed E-state index contributed by atoms with van der Waals surface area (Å²) in [6, 6.07) is 4.03. The van der Waals surface area contributed by atoms with E-state index in [1.165, 1.54) is 12.1 Å². The van der Waals surface area contributed by atoms with E-state index in [0.717, 1.165) is 5.57 Å². The van der Waals surface area contributed by atoms with Crippen LogP contribution in [0.5, 0.6) is 0 Å². The third-order valence-corrected chi connectivity index (χ3v) is 2.16. The maximum atomic E-state index is 13.3. The minimum atomic E-state index is -0.369. The molecule has 0 aliphatic rings. The molecule has 0 saturated carbocycles. The molecule has 0 heterocycles. The third kappa shape index (κ3) is 4.20. The number of benzene rings is 1. The Morgan fingerprint density at radius 2 is 2.20 bits per heavy atom. The molecule has 0 spiro atoms. The van der Waals surface area contributed by atoms with Gasteiger partial charge in [-0.15, -0.1) is 19.0 Å². The molecule has 0 aliphatic carbocycles. The topological polar surface area (TPSA) is 26.0 Å². The molecule has 1 rings (SSSR count). The lowest BCUT2D eigenvalue weighted by molar-refractivity contribution is 0.580. The SMILES string of the molecule is C=C(C)C[C@H](N)c1cc(Cl)ccc1F.Cl. The number of nitrogens with two attached hydrogens (primary N) is 1. The third-order valence-electron chi connectivity index (χ3n) is 1.93. The van der Waals surface area contributed by atoms with E-state index in [0.29, 0.717) is 17.0 Å². The monoisotopic (exact) mass is 249 g/mol. The Morgan fingerprint density at radius 3 is 2.73 bits per heavy atom. The maximum absolute atomic E-state index is 13.3. The molecule has 0 aliphatic heterocycles. The minimum Gasteiger partial charge on any atom is -0.324 e. The fourth-order valence-electron chi connectivity index (χ4n) is 1.28. The second-order valence-electron chi connectivity index (χ2n) is 3.43. The van der Waals surface area contributed by atoms with Crippen LogP contribution in [0.3, 0.4) is 0 Å². The van der Waals surface area contributed by atoms with E-state index in [2.05, 4.69) is 6.58 Å². The van der Waals surface area contributed by atoms with Crippen molar-refractivity contribution in [3.63, 3.8) is 0 Å². The van der Waals surface area contributed by atoms with Gasteiger partial charge in [0.05, 0.1) is 0 Å². The van der Waals surface area contributed by atoms with Crippen LogP contribution >= 0.6 is 24.0 Å². The summed E-state index contributed by atoms with van der Waals surface area (Å²) in [5.41, 5.74) is 7.18. The second-order valence-corrected chi connectivity index (χ2v) is 3.87. The van der Waals surface area contributed by atoms with Crippen LogP contribution in [0, 0.1) is 5.82 Å². The molecule has 0 aromatic heterocycles. The summed E-state index contributed by atoms with van der Waals surface area (Å²) in [6.45, 7) is 5.60. The van der Waals surface area contributed by atoms with Crippen molar-refractivity contribution in [1.29, 1.82) is 0 Å². The second kappa shape index (κ2) is 6.11. The zero-order valence-electron chi connectivity index (χ0n) is 8.47. The Balaban J connectivity index is 0.00000196. The zero-order valence-corrected chi connectivity index (χ0v) is 10.0. The highest BCUT2D eigenvalue weighted by molar-refractivity contribution is 6.30. The molecule has 1 aromatic carbocycles. The fraction of sp³-hybridized carbons (Fsp3) is 0.273. The van der Waals surface area contributed by atoms with Gasteiger partial charge < -0.3 is 5.73 Å². The van der Waals surface area contributed by atoms with Crippen molar-refractivity contribution in [3.05, 3.63) is 46.8 Å². The molecular weight excluding hydrogens is 236 g/mol. The smallest absolute Gasteiger partial charge is 0.128 e. The predicted octanol–water partition coefficient (Wildman–Crippen LogP) is 3.87. The predicted molar refractivity (Wildman–Crippen MR) is 65.0 cm³/mol. The van der Waals surface area contributed by atoms with Crippen molar-refractivity contribution in [2.45, 2.75) is 19.4 Å². The van der Waals surface area contributed by atoms with E-state index in [4.69, 9.17) is 17.3 Å². The van der Waals surface area contributed by atoms with Gasteiger partial charge in [-0.2, -0.15) is 0 Å². The summed E-state index contributed by atoms with van der Waals surface area (Å²) >= 11 is 5.75. The lowest BCUT2D eigenvalue weighted by Gasteiger charge is -2.12. The summed E-state index contributed by atoms with van der Waals surface area (Å²) in [5.74, 6) is -0.317. The van der Waals surface area contributed by atoms with Crippen molar-refractivity contribution >= 4 is 24.0 Å². The number of halogens is 3. The molecule has 4 heteroatoms. The van der Waals surface area contributed by atoms with Crippen LogP contribution in [0.1, 0.15) is 24.9 Å². The van der Waals surface area contributed by atoms with Crippen LogP contribution in [-0.4, -0.2) is 0 Å². The van der Waals surface area contributed by atoms with Gasteiger partial charge >= 0.3 is 0 Å². The number of rotatable bonds is 3. The molecule has 0 fully saturated rings. The van der Waals surface area contributed by atoms with E-state index in [1.807, 2.05) is 6.92 Å². The van der Waals surface area contributed by atoms with Gasteiger partial charge in [-0.3, -0.25) is 0 Å². The highest BCUT2D eigenvalue weighted by atomic mass is 35.5. The lowest BCUT2D eigenvalue weighted by atomic mass is 10.0. The zero-order chi connectivity index (χ0) is 10.7. The van der Waals surface area contributed by atoms with Gasteiger partial charge in [0.2, 0.25) is 0 Å². The summed E-state index contributed by atoms with van der Waals surface area (Å²) < 4.78 is 13.3. The minimum absolute atomic E-state index is 0. The summed E-state index contributed by atoms with van der Waals surface area (Å²) in [5, 5.41) is 0.499. The molecule has 1 atom stereocenters. The number of hydrogen-bond acceptors (Lipinski definition) is 1. The highest BCUT2D eigenvalue weighted by Gasteiger charge is 2.11. The summed E-state index contributed by atoms with van der Waals surface area (Å²) in [6.07, 6.45) is 0.567. The van der Waals surface area contributed by atoms with Crippen LogP contribution in [-0.2, 0) is 0 Å². The van der Waals surface area contributed by atoms with Crippen LogP contribution in [0.15, 0.2) is 30.4 Å². The molecule has 84 valence electrons. The van der Waals surface area contributed by atoms with E-state index in [-0.39, 0.29) is 24.3 Å². The molecule has 0 amide bonds. The maximum Gasteiger partial charge on any atom is 0.128 e. The van der Waals surface area contributed by atoms with Crippen molar-refractivity contribution < 1.29 is 4.39 Å². The van der Waals surface area contributed by atoms with Gasteiger partial charge in [0, 0.05) is 16.6 Å². The standard InChI is InChI=1S/C11H13ClFN.ClH/c1-7(2)5-11(14)9-6-8(12)3-4-10(9)13;/h3-4,6,11H,1,5,14H2,2H3;1H/t11-;/m0./s1. The van der Waals surface area contributed by atoms with Gasteiger partial charge in [-0.25, -0.2) is 4.39 Å². The Kier molecular flexibility index (Phi) is 5.88. The molecular formula is C11H14Cl2FN. The Morgan fingerprint density at radius 1 is 1.60 bits per heavy atom. The molecule has 1 nitrogen and oxygen atoms in total. The quantitative estimate of drug-likeness (QED) is 0.809. The van der Waals surface area contributed by atoms with E-state index >= 15 is 0 Å². The van der Waals surface area contributed by atoms with Crippen molar-refractivity contribution in [3.8, 4) is 0 Å². The average Bonchev–Trinajstić information content (AvgIpc) is 2.08. The Hall–Kier alpha value is -0.570. The molecule has 0 saturated heterocycles. The van der Waals surface area contributed by atoms with Crippen molar-refractivity contribution in [2.24, 2.45) is 5.73 Å². The molecule has 15 heavy (non-hydrogen) atoms. The van der Waals surface area contributed by atoms with Crippen molar-refractivity contribution in [1.82, 2.24) is 0 Å². The summed E-state index contributed by atoms with van der Waals surface area (Å²) in [4.78, 5) is 0. The first-order chi connectivity index (χ1) is 6.50. The first kappa shape index (κ1) is 14.4. The highest BCUT2D eigenvalue weighted by Crippen LogP contribution is 2.23. The largest absolute Gasteiger partial charge is 0.324 e. The van der Waals surface area contributed by atoms with Gasteiger partial charge in [-0.05, 0) is 31.5 Å². The first-order valence-electron chi connectivity index (χ1n) is 4.35. The van der Waals surface area contributed by atoms with E-state index < -0.39 is 0 Å². The van der Waals surface area contributed by atoms with Gasteiger partial charge in [0.25, 0.3) is 0 Å². The molecule has 1 aromatic rings. The molecule has 2 N–H and O–H groups in total. The van der Waals surface area contributed by atoms with Gasteiger partial charge in [0.1, 0.15) is 5.82 Å². The normalized spacial score (nSPS) is 11.7.